The van der Waals surface area contributed by atoms with Crippen molar-refractivity contribution in [2.75, 3.05) is 19.8 Å². The van der Waals surface area contributed by atoms with Gasteiger partial charge in [-0.1, -0.05) is 12.1 Å². The number of rotatable bonds is 1. The van der Waals surface area contributed by atoms with Crippen LogP contribution in [0.2, 0.25) is 0 Å². The van der Waals surface area contributed by atoms with Gasteiger partial charge in [0.05, 0.1) is 24.2 Å². The van der Waals surface area contributed by atoms with Crippen LogP contribution in [0.25, 0.3) is 11.0 Å². The van der Waals surface area contributed by atoms with Gasteiger partial charge in [0.25, 0.3) is 0 Å². The van der Waals surface area contributed by atoms with Crippen LogP contribution in [-0.4, -0.2) is 45.8 Å². The van der Waals surface area contributed by atoms with Crippen LogP contribution in [0.5, 0.6) is 0 Å². The summed E-state index contributed by atoms with van der Waals surface area (Å²) in [6.45, 7) is 1.15. The summed E-state index contributed by atoms with van der Waals surface area (Å²) in [6, 6.07) is 7.27. The van der Waals surface area contributed by atoms with Gasteiger partial charge >= 0.3 is 6.09 Å². The number of carbonyl (C=O) groups is 1. The Morgan fingerprint density at radius 3 is 3.11 bits per heavy atom. The van der Waals surface area contributed by atoms with E-state index in [1.54, 1.807) is 0 Å². The third kappa shape index (κ3) is 1.80. The summed E-state index contributed by atoms with van der Waals surface area (Å²) in [5, 5.41) is 9.17. The number of aromatic amines is 1. The fourth-order valence-electron chi connectivity index (χ4n) is 2.19. The normalized spacial score (nSPS) is 20.2. The molecule has 1 unspecified atom stereocenters. The van der Waals surface area contributed by atoms with Crippen molar-refractivity contribution in [2.45, 2.75) is 6.04 Å². The SMILES string of the molecule is O=C(O)N1CCOCC1c1nc2ccccc2[nH]1. The quantitative estimate of drug-likeness (QED) is 0.802. The summed E-state index contributed by atoms with van der Waals surface area (Å²) in [5.41, 5.74) is 1.74. The standard InChI is InChI=1S/C12H13N3O3/c16-12(17)15-5-6-18-7-10(15)11-13-8-3-1-2-4-9(8)14-11/h1-4,10H,5-7H2,(H,13,14)(H,16,17). The Kier molecular flexibility index (Phi) is 2.64. The zero-order valence-corrected chi connectivity index (χ0v) is 9.67. The number of fused-ring (bicyclic) bond motifs is 1. The third-order valence-electron chi connectivity index (χ3n) is 3.10. The van der Waals surface area contributed by atoms with Crippen molar-refractivity contribution in [1.29, 1.82) is 0 Å². The average molecular weight is 247 g/mol. The molecule has 1 aliphatic heterocycles. The van der Waals surface area contributed by atoms with Gasteiger partial charge in [-0.25, -0.2) is 9.78 Å². The van der Waals surface area contributed by atoms with Crippen LogP contribution >= 0.6 is 0 Å². The Balaban J connectivity index is 1.98. The van der Waals surface area contributed by atoms with Crippen molar-refractivity contribution in [3.63, 3.8) is 0 Å². The highest BCUT2D eigenvalue weighted by Gasteiger charge is 2.30. The Bertz CT molecular complexity index is 548. The lowest BCUT2D eigenvalue weighted by Gasteiger charge is -2.31. The number of nitrogens with zero attached hydrogens (tertiary/aromatic N) is 2. The van der Waals surface area contributed by atoms with Crippen molar-refractivity contribution in [2.24, 2.45) is 0 Å². The van der Waals surface area contributed by atoms with Crippen LogP contribution in [0.4, 0.5) is 4.79 Å². The lowest BCUT2D eigenvalue weighted by atomic mass is 10.2. The molecule has 1 atom stereocenters. The average Bonchev–Trinajstić information content (AvgIpc) is 2.82. The number of amides is 1. The number of nitrogens with one attached hydrogen (secondary N) is 1. The van der Waals surface area contributed by atoms with E-state index in [0.717, 1.165) is 11.0 Å². The topological polar surface area (TPSA) is 78.4 Å². The maximum atomic E-state index is 11.2. The van der Waals surface area contributed by atoms with Gasteiger partial charge in [0.1, 0.15) is 11.9 Å². The predicted molar refractivity (Wildman–Crippen MR) is 64.4 cm³/mol. The number of benzene rings is 1. The molecule has 2 N–H and O–H groups in total. The second-order valence-corrected chi connectivity index (χ2v) is 4.21. The first kappa shape index (κ1) is 11.0. The van der Waals surface area contributed by atoms with E-state index in [2.05, 4.69) is 9.97 Å². The van der Waals surface area contributed by atoms with E-state index in [1.807, 2.05) is 24.3 Å². The van der Waals surface area contributed by atoms with Crippen LogP contribution in [-0.2, 0) is 4.74 Å². The summed E-state index contributed by atoms with van der Waals surface area (Å²) >= 11 is 0. The monoisotopic (exact) mass is 247 g/mol. The highest BCUT2D eigenvalue weighted by molar-refractivity contribution is 5.75. The largest absolute Gasteiger partial charge is 0.465 e. The first-order valence-corrected chi connectivity index (χ1v) is 5.77. The molecule has 0 aliphatic carbocycles. The number of ether oxygens (including phenoxy) is 1. The molecule has 0 saturated carbocycles. The fourth-order valence-corrected chi connectivity index (χ4v) is 2.19. The lowest BCUT2D eigenvalue weighted by Crippen LogP contribution is -2.43. The summed E-state index contributed by atoms with van der Waals surface area (Å²) in [4.78, 5) is 20.1. The van der Waals surface area contributed by atoms with Crippen LogP contribution in [0.3, 0.4) is 0 Å². The summed E-state index contributed by atoms with van der Waals surface area (Å²) < 4.78 is 5.35. The molecule has 1 fully saturated rings. The maximum Gasteiger partial charge on any atom is 0.408 e. The second-order valence-electron chi connectivity index (χ2n) is 4.21. The van der Waals surface area contributed by atoms with Gasteiger partial charge in [-0.15, -0.1) is 0 Å². The number of H-pyrrole nitrogens is 1. The Morgan fingerprint density at radius 2 is 2.33 bits per heavy atom. The molecule has 6 nitrogen and oxygen atoms in total. The number of hydrogen-bond donors (Lipinski definition) is 2. The molecule has 3 rings (SSSR count). The lowest BCUT2D eigenvalue weighted by molar-refractivity contribution is -0.00341. The number of aromatic nitrogens is 2. The smallest absolute Gasteiger partial charge is 0.408 e. The molecule has 1 saturated heterocycles. The molecule has 2 heterocycles. The minimum atomic E-state index is -0.941. The highest BCUT2D eigenvalue weighted by atomic mass is 16.5. The molecule has 0 spiro atoms. The van der Waals surface area contributed by atoms with Gasteiger partial charge in [0, 0.05) is 6.54 Å². The van der Waals surface area contributed by atoms with Gasteiger partial charge in [0.15, 0.2) is 0 Å². The number of imidazole rings is 1. The van der Waals surface area contributed by atoms with Crippen LogP contribution < -0.4 is 0 Å². The molecular formula is C12H13N3O3. The minimum absolute atomic E-state index is 0.339. The van der Waals surface area contributed by atoms with Crippen molar-refractivity contribution in [3.05, 3.63) is 30.1 Å². The van der Waals surface area contributed by atoms with Crippen molar-refractivity contribution in [1.82, 2.24) is 14.9 Å². The molecule has 94 valence electrons. The molecule has 0 bridgehead atoms. The first-order valence-electron chi connectivity index (χ1n) is 5.77. The van der Waals surface area contributed by atoms with Crippen molar-refractivity contribution < 1.29 is 14.6 Å². The van der Waals surface area contributed by atoms with E-state index >= 15 is 0 Å². The summed E-state index contributed by atoms with van der Waals surface area (Å²) in [7, 11) is 0. The zero-order chi connectivity index (χ0) is 12.5. The fraction of sp³-hybridized carbons (Fsp3) is 0.333. The Labute approximate surface area is 103 Å². The van der Waals surface area contributed by atoms with E-state index in [9.17, 15) is 9.90 Å². The molecule has 1 aromatic carbocycles. The maximum absolute atomic E-state index is 11.2. The second kappa shape index (κ2) is 4.30. The summed E-state index contributed by atoms with van der Waals surface area (Å²) in [6.07, 6.45) is -0.941. The van der Waals surface area contributed by atoms with Gasteiger partial charge in [-0.3, -0.25) is 4.90 Å². The van der Waals surface area contributed by atoms with E-state index in [0.29, 0.717) is 25.6 Å². The zero-order valence-electron chi connectivity index (χ0n) is 9.67. The number of morpholine rings is 1. The molecule has 1 amide bonds. The molecule has 18 heavy (non-hydrogen) atoms. The third-order valence-corrected chi connectivity index (χ3v) is 3.10. The first-order chi connectivity index (χ1) is 8.75. The number of hydrogen-bond acceptors (Lipinski definition) is 3. The van der Waals surface area contributed by atoms with Crippen LogP contribution in [0.1, 0.15) is 11.9 Å². The van der Waals surface area contributed by atoms with Crippen molar-refractivity contribution >= 4 is 17.1 Å². The number of carboxylic acid groups (broad SMARTS) is 1. The molecule has 2 aromatic rings. The molecule has 6 heteroatoms. The van der Waals surface area contributed by atoms with Gasteiger partial charge in [-0.2, -0.15) is 0 Å². The van der Waals surface area contributed by atoms with Gasteiger partial charge in [-0.05, 0) is 12.1 Å². The van der Waals surface area contributed by atoms with E-state index < -0.39 is 6.09 Å². The Hall–Kier alpha value is -2.08. The van der Waals surface area contributed by atoms with Crippen LogP contribution in [0, 0.1) is 0 Å². The van der Waals surface area contributed by atoms with Gasteiger partial charge in [0.2, 0.25) is 0 Å². The summed E-state index contributed by atoms with van der Waals surface area (Å²) in [5.74, 6) is 0.637. The molecule has 1 aliphatic rings. The van der Waals surface area contributed by atoms with E-state index in [1.165, 1.54) is 4.90 Å². The minimum Gasteiger partial charge on any atom is -0.465 e. The molecule has 1 aromatic heterocycles. The van der Waals surface area contributed by atoms with E-state index in [-0.39, 0.29) is 6.04 Å². The number of para-hydroxylation sites is 2. The van der Waals surface area contributed by atoms with Crippen LogP contribution in [0.15, 0.2) is 24.3 Å². The highest BCUT2D eigenvalue weighted by Crippen LogP contribution is 2.24. The Morgan fingerprint density at radius 1 is 1.50 bits per heavy atom. The molecule has 0 radical (unpaired) electrons. The van der Waals surface area contributed by atoms with Gasteiger partial charge < -0.3 is 14.8 Å². The molecular weight excluding hydrogens is 234 g/mol. The predicted octanol–water partition coefficient (Wildman–Crippen LogP) is 1.61. The van der Waals surface area contributed by atoms with Crippen molar-refractivity contribution in [3.8, 4) is 0 Å². The van der Waals surface area contributed by atoms with E-state index in [4.69, 9.17) is 4.74 Å².